The van der Waals surface area contributed by atoms with Crippen LogP contribution in [-0.4, -0.2) is 35.7 Å². The summed E-state index contributed by atoms with van der Waals surface area (Å²) in [6, 6.07) is 4.59. The van der Waals surface area contributed by atoms with Gasteiger partial charge in [-0.3, -0.25) is 0 Å². The van der Waals surface area contributed by atoms with Gasteiger partial charge in [-0.05, 0) is 38.5 Å². The van der Waals surface area contributed by atoms with Gasteiger partial charge in [-0.15, -0.1) is 0 Å². The van der Waals surface area contributed by atoms with Crippen molar-refractivity contribution in [3.05, 3.63) is 35.4 Å². The molecule has 1 aliphatic heterocycles. The summed E-state index contributed by atoms with van der Waals surface area (Å²) < 4.78 is 43.1. The Morgan fingerprint density at radius 2 is 1.74 bits per heavy atom. The van der Waals surface area contributed by atoms with E-state index in [1.54, 1.807) is 20.8 Å². The predicted molar refractivity (Wildman–Crippen MR) is 80.0 cm³/mol. The zero-order valence-electron chi connectivity index (χ0n) is 13.4. The first-order chi connectivity index (χ1) is 10.5. The Balaban J connectivity index is 2.08. The van der Waals surface area contributed by atoms with Gasteiger partial charge in [0.1, 0.15) is 5.60 Å². The first kappa shape index (κ1) is 17.6. The zero-order chi connectivity index (χ0) is 17.4. The predicted octanol–water partition coefficient (Wildman–Crippen LogP) is 3.37. The van der Waals surface area contributed by atoms with Crippen molar-refractivity contribution in [3.8, 4) is 0 Å². The first-order valence-corrected chi connectivity index (χ1v) is 7.38. The average molecular weight is 330 g/mol. The van der Waals surface area contributed by atoms with Gasteiger partial charge in [0.15, 0.2) is 0 Å². The monoisotopic (exact) mass is 330 g/mol. The number of halogens is 3. The highest BCUT2D eigenvalue weighted by atomic mass is 19.4. The van der Waals surface area contributed by atoms with Crippen molar-refractivity contribution >= 4 is 6.09 Å². The van der Waals surface area contributed by atoms with Crippen LogP contribution in [0.4, 0.5) is 18.0 Å². The average Bonchev–Trinajstić information content (AvgIpc) is 2.78. The molecule has 0 spiro atoms. The number of carbonyl (C=O) groups excluding carboxylic acids is 1. The number of benzene rings is 1. The van der Waals surface area contributed by atoms with E-state index >= 15 is 0 Å². The molecule has 0 unspecified atom stereocenters. The van der Waals surface area contributed by atoms with Crippen molar-refractivity contribution in [1.82, 2.24) is 4.90 Å². The number of nitrogens with two attached hydrogens (primary N) is 1. The molecule has 2 N–H and O–H groups in total. The van der Waals surface area contributed by atoms with Crippen LogP contribution < -0.4 is 5.73 Å². The second-order valence-corrected chi connectivity index (χ2v) is 6.78. The van der Waals surface area contributed by atoms with E-state index in [1.165, 1.54) is 17.0 Å². The number of amides is 1. The molecule has 128 valence electrons. The van der Waals surface area contributed by atoms with E-state index in [1.807, 2.05) is 0 Å². The minimum Gasteiger partial charge on any atom is -0.444 e. The zero-order valence-corrected chi connectivity index (χ0v) is 13.4. The lowest BCUT2D eigenvalue weighted by atomic mass is 9.94. The minimum atomic E-state index is -4.36. The van der Waals surface area contributed by atoms with Gasteiger partial charge >= 0.3 is 12.3 Å². The Morgan fingerprint density at radius 3 is 2.22 bits per heavy atom. The highest BCUT2D eigenvalue weighted by Crippen LogP contribution is 2.32. The fourth-order valence-electron chi connectivity index (χ4n) is 2.58. The number of nitrogens with zero attached hydrogens (tertiary/aromatic N) is 1. The third kappa shape index (κ3) is 4.37. The van der Waals surface area contributed by atoms with Crippen molar-refractivity contribution in [2.45, 2.75) is 44.5 Å². The number of likely N-dealkylation sites (tertiary alicyclic amines) is 1. The third-order valence-electron chi connectivity index (χ3n) is 3.68. The summed E-state index contributed by atoms with van der Waals surface area (Å²) >= 11 is 0. The summed E-state index contributed by atoms with van der Waals surface area (Å²) in [5.41, 5.74) is 5.45. The van der Waals surface area contributed by atoms with E-state index in [2.05, 4.69) is 0 Å². The highest BCUT2D eigenvalue weighted by Gasteiger charge is 2.36. The fraction of sp³-hybridized carbons (Fsp3) is 0.562. The Labute approximate surface area is 133 Å². The maximum atomic E-state index is 12.6. The van der Waals surface area contributed by atoms with Gasteiger partial charge in [0.05, 0.1) is 5.56 Å². The molecule has 0 radical (unpaired) electrons. The van der Waals surface area contributed by atoms with Crippen LogP contribution in [-0.2, 0) is 10.9 Å². The summed E-state index contributed by atoms with van der Waals surface area (Å²) in [7, 11) is 0. The van der Waals surface area contributed by atoms with E-state index in [4.69, 9.17) is 10.5 Å². The molecule has 2 atom stereocenters. The standard InChI is InChI=1S/C16H21F3N2O2/c1-15(2,3)23-14(22)21-8-12(13(20)9-21)10-4-6-11(7-5-10)16(17,18)19/h4-7,12-13H,8-9,20H2,1-3H3/t12-,13+/m1/s1. The van der Waals surface area contributed by atoms with E-state index < -0.39 is 23.4 Å². The largest absolute Gasteiger partial charge is 0.444 e. The van der Waals surface area contributed by atoms with Gasteiger partial charge in [-0.1, -0.05) is 12.1 Å². The fourth-order valence-corrected chi connectivity index (χ4v) is 2.58. The van der Waals surface area contributed by atoms with Crippen LogP contribution in [0.1, 0.15) is 37.8 Å². The SMILES string of the molecule is CC(C)(C)OC(=O)N1C[C@H](c2ccc(C(F)(F)F)cc2)[C@@H](N)C1. The van der Waals surface area contributed by atoms with Crippen LogP contribution in [0.25, 0.3) is 0 Å². The molecule has 1 fully saturated rings. The van der Waals surface area contributed by atoms with Crippen LogP contribution in [0, 0.1) is 0 Å². The maximum Gasteiger partial charge on any atom is 0.416 e. The molecule has 2 rings (SSSR count). The molecule has 7 heteroatoms. The summed E-state index contributed by atoms with van der Waals surface area (Å²) in [5, 5.41) is 0. The van der Waals surface area contributed by atoms with E-state index in [-0.39, 0.29) is 12.0 Å². The highest BCUT2D eigenvalue weighted by molar-refractivity contribution is 5.69. The quantitative estimate of drug-likeness (QED) is 0.859. The number of carbonyl (C=O) groups is 1. The molecule has 0 aromatic heterocycles. The minimum absolute atomic E-state index is 0.204. The molecule has 4 nitrogen and oxygen atoms in total. The molecule has 1 aromatic carbocycles. The molecular weight excluding hydrogens is 309 g/mol. The maximum absolute atomic E-state index is 12.6. The summed E-state index contributed by atoms with van der Waals surface area (Å²) in [5.74, 6) is -0.204. The lowest BCUT2D eigenvalue weighted by Gasteiger charge is -2.24. The van der Waals surface area contributed by atoms with Crippen molar-refractivity contribution in [3.63, 3.8) is 0 Å². The second-order valence-electron chi connectivity index (χ2n) is 6.78. The number of rotatable bonds is 1. The molecule has 0 saturated carbocycles. The molecule has 1 heterocycles. The van der Waals surface area contributed by atoms with Gasteiger partial charge in [-0.25, -0.2) is 4.79 Å². The first-order valence-electron chi connectivity index (χ1n) is 7.38. The Morgan fingerprint density at radius 1 is 1.17 bits per heavy atom. The van der Waals surface area contributed by atoms with E-state index in [9.17, 15) is 18.0 Å². The number of hydrogen-bond acceptors (Lipinski definition) is 3. The number of hydrogen-bond donors (Lipinski definition) is 1. The number of alkyl halides is 3. The van der Waals surface area contributed by atoms with Crippen LogP contribution in [0.15, 0.2) is 24.3 Å². The van der Waals surface area contributed by atoms with E-state index in [0.29, 0.717) is 18.7 Å². The van der Waals surface area contributed by atoms with Gasteiger partial charge in [0.2, 0.25) is 0 Å². The van der Waals surface area contributed by atoms with Gasteiger partial charge in [-0.2, -0.15) is 13.2 Å². The van der Waals surface area contributed by atoms with Crippen LogP contribution in [0.5, 0.6) is 0 Å². The van der Waals surface area contributed by atoms with Crippen LogP contribution in [0.2, 0.25) is 0 Å². The molecule has 23 heavy (non-hydrogen) atoms. The van der Waals surface area contributed by atoms with Crippen molar-refractivity contribution in [2.24, 2.45) is 5.73 Å². The lowest BCUT2D eigenvalue weighted by Crippen LogP contribution is -2.36. The Bertz CT molecular complexity index is 564. The van der Waals surface area contributed by atoms with Crippen LogP contribution >= 0.6 is 0 Å². The summed E-state index contributed by atoms with van der Waals surface area (Å²) in [4.78, 5) is 13.6. The molecule has 0 aliphatic carbocycles. The summed E-state index contributed by atoms with van der Waals surface area (Å²) in [6.07, 6.45) is -4.82. The Kier molecular flexibility index (Phi) is 4.61. The Hall–Kier alpha value is -1.76. The third-order valence-corrected chi connectivity index (χ3v) is 3.68. The van der Waals surface area contributed by atoms with Crippen molar-refractivity contribution < 1.29 is 22.7 Å². The van der Waals surface area contributed by atoms with Crippen LogP contribution in [0.3, 0.4) is 0 Å². The van der Waals surface area contributed by atoms with Crippen molar-refractivity contribution in [1.29, 1.82) is 0 Å². The smallest absolute Gasteiger partial charge is 0.416 e. The van der Waals surface area contributed by atoms with Gasteiger partial charge in [0.25, 0.3) is 0 Å². The second kappa shape index (κ2) is 6.03. The molecular formula is C16H21F3N2O2. The topological polar surface area (TPSA) is 55.6 Å². The van der Waals surface area contributed by atoms with Gasteiger partial charge in [0, 0.05) is 25.0 Å². The molecule has 1 amide bonds. The molecule has 1 saturated heterocycles. The molecule has 1 aromatic rings. The normalized spacial score (nSPS) is 22.3. The molecule has 0 bridgehead atoms. The van der Waals surface area contributed by atoms with E-state index in [0.717, 1.165) is 12.1 Å². The van der Waals surface area contributed by atoms with Crippen molar-refractivity contribution in [2.75, 3.05) is 13.1 Å². The number of ether oxygens (including phenoxy) is 1. The summed E-state index contributed by atoms with van der Waals surface area (Å²) in [6.45, 7) is 5.97. The molecule has 1 aliphatic rings. The van der Waals surface area contributed by atoms with Gasteiger partial charge < -0.3 is 15.4 Å². The lowest BCUT2D eigenvalue weighted by molar-refractivity contribution is -0.137.